The zero-order valence-corrected chi connectivity index (χ0v) is 24.1. The van der Waals surface area contributed by atoms with Crippen LogP contribution in [-0.4, -0.2) is 23.3 Å². The van der Waals surface area contributed by atoms with Gasteiger partial charge in [-0.15, -0.1) is 0 Å². The number of rotatable bonds is 1. The maximum atomic E-state index is 12.0. The van der Waals surface area contributed by atoms with Crippen molar-refractivity contribution in [3.8, 4) is 0 Å². The summed E-state index contributed by atoms with van der Waals surface area (Å²) in [4.78, 5) is 11.9. The van der Waals surface area contributed by atoms with Crippen LogP contribution in [0.5, 0.6) is 0 Å². The van der Waals surface area contributed by atoms with Crippen LogP contribution in [0.3, 0.4) is 0 Å². The summed E-state index contributed by atoms with van der Waals surface area (Å²) in [5, 5.41) is 12.0. The summed E-state index contributed by atoms with van der Waals surface area (Å²) in [6.45, 7) is 21.2. The van der Waals surface area contributed by atoms with E-state index in [0.717, 1.165) is 25.7 Å². The van der Waals surface area contributed by atoms with Crippen molar-refractivity contribution in [1.82, 2.24) is 0 Å². The highest BCUT2D eigenvalue weighted by molar-refractivity contribution is 5.66. The predicted molar refractivity (Wildman–Crippen MR) is 142 cm³/mol. The maximum absolute atomic E-state index is 12.0. The minimum atomic E-state index is -0.359. The first-order chi connectivity index (χ1) is 16.0. The molecule has 1 N–H and O–H groups in total. The van der Waals surface area contributed by atoms with E-state index >= 15 is 0 Å². The van der Waals surface area contributed by atoms with Crippen LogP contribution < -0.4 is 0 Å². The molecule has 35 heavy (non-hydrogen) atoms. The van der Waals surface area contributed by atoms with Crippen LogP contribution in [0.1, 0.15) is 120 Å². The van der Waals surface area contributed by atoms with E-state index in [1.54, 1.807) is 5.57 Å². The van der Waals surface area contributed by atoms with Gasteiger partial charge in [0.05, 0.1) is 6.10 Å². The molecule has 0 spiro atoms. The third-order valence-electron chi connectivity index (χ3n) is 13.2. The number of esters is 1. The number of allylic oxidation sites excluding steroid dienone is 2. The Bertz CT molecular complexity index is 931. The van der Waals surface area contributed by atoms with Crippen molar-refractivity contribution in [2.24, 2.45) is 50.2 Å². The molecule has 3 nitrogen and oxygen atoms in total. The molecular weight excluding hydrogens is 432 g/mol. The lowest BCUT2D eigenvalue weighted by molar-refractivity contribution is -0.245. The van der Waals surface area contributed by atoms with E-state index < -0.39 is 0 Å². The Morgan fingerprint density at radius 2 is 1.60 bits per heavy atom. The molecule has 0 aromatic heterocycles. The summed E-state index contributed by atoms with van der Waals surface area (Å²) in [5.74, 6) is 1.18. The van der Waals surface area contributed by atoms with E-state index in [1.807, 2.05) is 0 Å². The molecule has 5 aliphatic rings. The lowest BCUT2D eigenvalue weighted by Crippen LogP contribution is -2.68. The van der Waals surface area contributed by atoms with Crippen LogP contribution in [-0.2, 0) is 9.53 Å². The molecule has 0 aromatic rings. The highest BCUT2D eigenvalue weighted by Crippen LogP contribution is 2.75. The monoisotopic (exact) mass is 484 g/mol. The fraction of sp³-hybridized carbons (Fsp3) is 0.906. The molecule has 0 radical (unpaired) electrons. The number of aliphatic hydroxyl groups is 1. The normalized spacial score (nSPS) is 52.2. The largest absolute Gasteiger partial charge is 0.462 e. The number of fused-ring (bicyclic) bond motifs is 7. The van der Waals surface area contributed by atoms with Gasteiger partial charge in [-0.1, -0.05) is 67.0 Å². The summed E-state index contributed by atoms with van der Waals surface area (Å²) in [5.41, 5.74) is 2.67. The van der Waals surface area contributed by atoms with Crippen molar-refractivity contribution in [1.29, 1.82) is 0 Å². The topological polar surface area (TPSA) is 46.5 Å². The summed E-state index contributed by atoms with van der Waals surface area (Å²) in [6.07, 6.45) is 12.8. The van der Waals surface area contributed by atoms with Crippen molar-refractivity contribution in [3.05, 3.63) is 11.6 Å². The molecule has 0 unspecified atom stereocenters. The SMILES string of the molecule is CC(=O)O[C@H]1CC[C@]2(C)[C@H]3CC=C4[C@@H]5CC(C)(C)CC[C@]5(C)CC[C@@]4(C)[C@]3(C)C[C@@H](O)[C@H]2C1(C)C. The molecule has 0 aromatic carbocycles. The minimum absolute atomic E-state index is 0.0458. The third-order valence-corrected chi connectivity index (χ3v) is 13.2. The Kier molecular flexibility index (Phi) is 5.61. The second-order valence-corrected chi connectivity index (χ2v) is 16.0. The minimum Gasteiger partial charge on any atom is -0.462 e. The van der Waals surface area contributed by atoms with Gasteiger partial charge in [-0.05, 0) is 103 Å². The Morgan fingerprint density at radius 3 is 2.26 bits per heavy atom. The zero-order chi connectivity index (χ0) is 25.8. The van der Waals surface area contributed by atoms with Gasteiger partial charge in [-0.25, -0.2) is 0 Å². The molecule has 5 rings (SSSR count). The van der Waals surface area contributed by atoms with Gasteiger partial charge < -0.3 is 9.84 Å². The average Bonchev–Trinajstić information content (AvgIpc) is 2.71. The van der Waals surface area contributed by atoms with E-state index in [4.69, 9.17) is 4.74 Å². The Morgan fingerprint density at radius 1 is 0.943 bits per heavy atom. The average molecular weight is 485 g/mol. The van der Waals surface area contributed by atoms with E-state index in [0.29, 0.717) is 22.7 Å². The van der Waals surface area contributed by atoms with Gasteiger partial charge in [-0.2, -0.15) is 0 Å². The summed E-state index contributed by atoms with van der Waals surface area (Å²) in [7, 11) is 0. The fourth-order valence-electron chi connectivity index (χ4n) is 11.1. The molecule has 5 aliphatic carbocycles. The van der Waals surface area contributed by atoms with E-state index in [-0.39, 0.29) is 45.8 Å². The molecule has 0 bridgehead atoms. The summed E-state index contributed by atoms with van der Waals surface area (Å²) >= 11 is 0. The molecule has 4 fully saturated rings. The van der Waals surface area contributed by atoms with E-state index in [2.05, 4.69) is 61.5 Å². The van der Waals surface area contributed by atoms with Crippen LogP contribution in [0, 0.1) is 50.2 Å². The first kappa shape index (κ1) is 25.8. The summed E-state index contributed by atoms with van der Waals surface area (Å²) in [6, 6.07) is 0. The van der Waals surface area contributed by atoms with Crippen molar-refractivity contribution in [2.75, 3.05) is 0 Å². The van der Waals surface area contributed by atoms with Crippen molar-refractivity contribution in [3.63, 3.8) is 0 Å². The standard InChI is InChI=1S/C32H52O3/c1-20(33)35-25-12-13-30(7)24-11-10-21-22-18-27(2,3)14-15-29(22,6)16-17-31(21,8)32(24,9)19-23(34)26(30)28(25,4)5/h10,22-26,34H,11-19H2,1-9H3/t22-,23+,24+,25-,26-,29+,30+,31+,32+/m0/s1. The molecule has 3 heteroatoms. The van der Waals surface area contributed by atoms with Gasteiger partial charge >= 0.3 is 5.97 Å². The number of aliphatic hydroxyl groups excluding tert-OH is 1. The highest BCUT2D eigenvalue weighted by atomic mass is 16.5. The number of hydrogen-bond donors (Lipinski definition) is 1. The molecule has 198 valence electrons. The van der Waals surface area contributed by atoms with Crippen molar-refractivity contribution < 1.29 is 14.6 Å². The second kappa shape index (κ2) is 7.61. The Balaban J connectivity index is 1.56. The van der Waals surface area contributed by atoms with Crippen LogP contribution in [0.4, 0.5) is 0 Å². The second-order valence-electron chi connectivity index (χ2n) is 16.0. The predicted octanol–water partition coefficient (Wildman–Crippen LogP) is 7.71. The van der Waals surface area contributed by atoms with Crippen molar-refractivity contribution >= 4 is 5.97 Å². The number of carbonyl (C=O) groups excluding carboxylic acids is 1. The Labute approximate surface area is 214 Å². The number of hydrogen-bond acceptors (Lipinski definition) is 3. The van der Waals surface area contributed by atoms with Crippen LogP contribution in [0.15, 0.2) is 11.6 Å². The molecular formula is C32H52O3. The van der Waals surface area contributed by atoms with E-state index in [1.165, 1.54) is 39.0 Å². The van der Waals surface area contributed by atoms with Gasteiger partial charge in [0.2, 0.25) is 0 Å². The molecule has 0 aliphatic heterocycles. The van der Waals surface area contributed by atoms with Crippen molar-refractivity contribution in [2.45, 2.75) is 132 Å². The fourth-order valence-corrected chi connectivity index (χ4v) is 11.1. The lowest BCUT2D eigenvalue weighted by Gasteiger charge is -2.72. The molecule has 9 atom stereocenters. The number of carbonyl (C=O) groups is 1. The van der Waals surface area contributed by atoms with Gasteiger partial charge in [0.25, 0.3) is 0 Å². The number of ether oxygens (including phenoxy) is 1. The summed E-state index contributed by atoms with van der Waals surface area (Å²) < 4.78 is 5.84. The Hall–Kier alpha value is -0.830. The van der Waals surface area contributed by atoms with Crippen LogP contribution in [0.2, 0.25) is 0 Å². The van der Waals surface area contributed by atoms with Gasteiger partial charge in [0.1, 0.15) is 6.10 Å². The quantitative estimate of drug-likeness (QED) is 0.306. The van der Waals surface area contributed by atoms with Gasteiger partial charge in [0, 0.05) is 12.3 Å². The van der Waals surface area contributed by atoms with Gasteiger partial charge in [-0.3, -0.25) is 4.79 Å². The third kappa shape index (κ3) is 3.41. The maximum Gasteiger partial charge on any atom is 0.302 e. The smallest absolute Gasteiger partial charge is 0.302 e. The molecule has 0 amide bonds. The molecule has 0 saturated heterocycles. The van der Waals surface area contributed by atoms with Crippen LogP contribution in [0.25, 0.3) is 0 Å². The molecule has 0 heterocycles. The van der Waals surface area contributed by atoms with E-state index in [9.17, 15) is 9.90 Å². The first-order valence-corrected chi connectivity index (χ1v) is 14.6. The lowest BCUT2D eigenvalue weighted by atomic mass is 9.33. The first-order valence-electron chi connectivity index (χ1n) is 14.6. The van der Waals surface area contributed by atoms with Crippen LogP contribution >= 0.6 is 0 Å². The molecule has 4 saturated carbocycles. The zero-order valence-electron chi connectivity index (χ0n) is 24.1. The highest BCUT2D eigenvalue weighted by Gasteiger charge is 2.70. The van der Waals surface area contributed by atoms with Gasteiger partial charge in [0.15, 0.2) is 0 Å².